The van der Waals surface area contributed by atoms with E-state index in [0.29, 0.717) is 6.61 Å². The molecular weight excluding hydrogens is 206 g/mol. The fourth-order valence-corrected chi connectivity index (χ4v) is 2.21. The molecule has 0 rings (SSSR count). The Morgan fingerprint density at radius 2 is 2.00 bits per heavy atom. The van der Waals surface area contributed by atoms with E-state index in [9.17, 15) is 4.39 Å². The number of ether oxygens (including phenoxy) is 1. The summed E-state index contributed by atoms with van der Waals surface area (Å²) < 4.78 is 16.4. The molecule has 5 heteroatoms. The summed E-state index contributed by atoms with van der Waals surface area (Å²) in [5.41, 5.74) is 0. The third-order valence-electron chi connectivity index (χ3n) is 1.13. The lowest BCUT2D eigenvalue weighted by molar-refractivity contribution is 0.119. The van der Waals surface area contributed by atoms with Crippen LogP contribution in [0.4, 0.5) is 4.39 Å². The topological polar surface area (TPSA) is 9.23 Å². The molecule has 0 saturated carbocycles. The number of rotatable bonds is 6. The predicted octanol–water partition coefficient (Wildman–Crippen LogP) is 2.91. The van der Waals surface area contributed by atoms with E-state index in [0.717, 1.165) is 12.5 Å². The van der Waals surface area contributed by atoms with Crippen LogP contribution in [0, 0.1) is 0 Å². The van der Waals surface area contributed by atoms with E-state index in [1.807, 2.05) is 6.55 Å². The van der Waals surface area contributed by atoms with E-state index in [1.165, 1.54) is 0 Å². The SMILES string of the molecule is C[Si](Cl)(Cl)CCCOCCF. The fraction of sp³-hybridized carbons (Fsp3) is 1.00. The Bertz CT molecular complexity index is 97.1. The molecule has 11 heavy (non-hydrogen) atoms. The zero-order chi connectivity index (χ0) is 8.74. The molecule has 0 unspecified atom stereocenters. The standard InChI is InChI=1S/C6H13Cl2FOSi/c1-11(7,8)6-2-4-10-5-3-9/h2-6H2,1H3. The average Bonchev–Trinajstić information content (AvgIpc) is 1.85. The van der Waals surface area contributed by atoms with Crippen molar-refractivity contribution in [2.45, 2.75) is 19.0 Å². The smallest absolute Gasteiger partial charge is 0.248 e. The molecule has 0 spiro atoms. The second-order valence-electron chi connectivity index (χ2n) is 2.48. The van der Waals surface area contributed by atoms with Crippen LogP contribution in [0.2, 0.25) is 12.6 Å². The van der Waals surface area contributed by atoms with Gasteiger partial charge in [0.25, 0.3) is 0 Å². The van der Waals surface area contributed by atoms with E-state index < -0.39 is 13.4 Å². The zero-order valence-corrected chi connectivity index (χ0v) is 9.09. The van der Waals surface area contributed by atoms with Crippen molar-refractivity contribution in [1.82, 2.24) is 0 Å². The third kappa shape index (κ3) is 10.7. The summed E-state index contributed by atoms with van der Waals surface area (Å²) >= 11 is 11.6. The highest BCUT2D eigenvalue weighted by molar-refractivity contribution is 7.44. The molecule has 0 saturated heterocycles. The van der Waals surface area contributed by atoms with Gasteiger partial charge in [0.2, 0.25) is 6.69 Å². The van der Waals surface area contributed by atoms with Crippen molar-refractivity contribution in [3.63, 3.8) is 0 Å². The molecule has 0 heterocycles. The summed E-state index contributed by atoms with van der Waals surface area (Å²) in [6, 6.07) is 0.808. The van der Waals surface area contributed by atoms with Gasteiger partial charge in [-0.1, -0.05) is 0 Å². The minimum absolute atomic E-state index is 0.183. The summed E-state index contributed by atoms with van der Waals surface area (Å²) in [4.78, 5) is 0. The lowest BCUT2D eigenvalue weighted by Gasteiger charge is -2.08. The van der Waals surface area contributed by atoms with Gasteiger partial charge in [-0.2, -0.15) is 0 Å². The minimum atomic E-state index is -1.95. The molecule has 0 radical (unpaired) electrons. The van der Waals surface area contributed by atoms with Crippen LogP contribution in [0.3, 0.4) is 0 Å². The van der Waals surface area contributed by atoms with Crippen LogP contribution in [0.25, 0.3) is 0 Å². The highest BCUT2D eigenvalue weighted by Gasteiger charge is 2.19. The Hall–Kier alpha value is 0.687. The highest BCUT2D eigenvalue weighted by Crippen LogP contribution is 2.21. The van der Waals surface area contributed by atoms with Crippen LogP contribution in [-0.4, -0.2) is 26.6 Å². The lowest BCUT2D eigenvalue weighted by atomic mass is 10.5. The van der Waals surface area contributed by atoms with E-state index in [2.05, 4.69) is 0 Å². The Morgan fingerprint density at radius 3 is 2.45 bits per heavy atom. The molecule has 0 N–H and O–H groups in total. The number of hydrogen-bond acceptors (Lipinski definition) is 1. The lowest BCUT2D eigenvalue weighted by Crippen LogP contribution is -2.13. The molecule has 0 aromatic carbocycles. The van der Waals surface area contributed by atoms with E-state index in [1.54, 1.807) is 0 Å². The number of halogens is 3. The quantitative estimate of drug-likeness (QED) is 0.379. The van der Waals surface area contributed by atoms with E-state index in [-0.39, 0.29) is 6.61 Å². The zero-order valence-electron chi connectivity index (χ0n) is 6.58. The molecule has 0 bridgehead atoms. The molecule has 0 aromatic rings. The van der Waals surface area contributed by atoms with E-state index in [4.69, 9.17) is 26.9 Å². The Morgan fingerprint density at radius 1 is 1.36 bits per heavy atom. The second kappa shape index (κ2) is 6.23. The highest BCUT2D eigenvalue weighted by atomic mass is 35.7. The van der Waals surface area contributed by atoms with Crippen LogP contribution < -0.4 is 0 Å². The van der Waals surface area contributed by atoms with Gasteiger partial charge < -0.3 is 4.74 Å². The van der Waals surface area contributed by atoms with Crippen molar-refractivity contribution in [2.24, 2.45) is 0 Å². The first-order valence-corrected chi connectivity index (χ1v) is 8.31. The average molecular weight is 219 g/mol. The fourth-order valence-electron chi connectivity index (χ4n) is 0.641. The Balaban J connectivity index is 3.02. The molecule has 0 fully saturated rings. The van der Waals surface area contributed by atoms with Crippen LogP contribution >= 0.6 is 22.2 Å². The van der Waals surface area contributed by atoms with Crippen LogP contribution in [0.5, 0.6) is 0 Å². The molecule has 0 aliphatic carbocycles. The molecule has 0 aliphatic rings. The van der Waals surface area contributed by atoms with Crippen molar-refractivity contribution in [3.8, 4) is 0 Å². The van der Waals surface area contributed by atoms with E-state index >= 15 is 0 Å². The van der Waals surface area contributed by atoms with Gasteiger partial charge in [0.05, 0.1) is 6.61 Å². The monoisotopic (exact) mass is 218 g/mol. The molecule has 68 valence electrons. The number of alkyl halides is 1. The summed E-state index contributed by atoms with van der Waals surface area (Å²) in [7, 11) is 0. The summed E-state index contributed by atoms with van der Waals surface area (Å²) in [6.45, 7) is 0.244. The van der Waals surface area contributed by atoms with Gasteiger partial charge in [-0.15, -0.1) is 22.2 Å². The molecule has 0 aromatic heterocycles. The van der Waals surface area contributed by atoms with Gasteiger partial charge in [0.15, 0.2) is 0 Å². The maximum absolute atomic E-state index is 11.5. The van der Waals surface area contributed by atoms with Crippen molar-refractivity contribution in [2.75, 3.05) is 19.9 Å². The van der Waals surface area contributed by atoms with Gasteiger partial charge in [0, 0.05) is 6.61 Å². The van der Waals surface area contributed by atoms with Crippen LogP contribution in [0.15, 0.2) is 0 Å². The summed E-state index contributed by atoms with van der Waals surface area (Å²) in [5, 5.41) is 0. The first-order chi connectivity index (χ1) is 5.06. The van der Waals surface area contributed by atoms with Crippen molar-refractivity contribution < 1.29 is 9.13 Å². The maximum atomic E-state index is 11.5. The third-order valence-corrected chi connectivity index (χ3v) is 3.49. The van der Waals surface area contributed by atoms with Gasteiger partial charge in [-0.3, -0.25) is 0 Å². The Kier molecular flexibility index (Phi) is 6.62. The Labute approximate surface area is 77.2 Å². The van der Waals surface area contributed by atoms with Crippen LogP contribution in [-0.2, 0) is 4.74 Å². The largest absolute Gasteiger partial charge is 0.379 e. The van der Waals surface area contributed by atoms with Crippen molar-refractivity contribution in [3.05, 3.63) is 0 Å². The van der Waals surface area contributed by atoms with Gasteiger partial charge in [-0.05, 0) is 19.0 Å². The predicted molar refractivity (Wildman–Crippen MR) is 49.5 cm³/mol. The van der Waals surface area contributed by atoms with Gasteiger partial charge >= 0.3 is 0 Å². The van der Waals surface area contributed by atoms with Gasteiger partial charge in [0.1, 0.15) is 6.67 Å². The summed E-state index contributed by atoms with van der Waals surface area (Å²) in [5.74, 6) is 0. The molecular formula is C6H13Cl2FOSi. The molecule has 0 aliphatic heterocycles. The molecule has 1 nitrogen and oxygen atoms in total. The second-order valence-corrected chi connectivity index (χ2v) is 10.7. The normalized spacial score (nSPS) is 12.0. The minimum Gasteiger partial charge on any atom is -0.379 e. The van der Waals surface area contributed by atoms with Gasteiger partial charge in [-0.25, -0.2) is 4.39 Å². The number of hydrogen-bond donors (Lipinski definition) is 0. The first kappa shape index (κ1) is 11.7. The molecule has 0 atom stereocenters. The van der Waals surface area contributed by atoms with Crippen molar-refractivity contribution in [1.29, 1.82) is 0 Å². The van der Waals surface area contributed by atoms with Crippen molar-refractivity contribution >= 4 is 28.9 Å². The first-order valence-electron chi connectivity index (χ1n) is 3.58. The maximum Gasteiger partial charge on any atom is 0.248 e. The molecule has 0 amide bonds. The summed E-state index contributed by atoms with van der Waals surface area (Å²) in [6.07, 6.45) is 0.829. The van der Waals surface area contributed by atoms with Crippen LogP contribution in [0.1, 0.15) is 6.42 Å².